The van der Waals surface area contributed by atoms with Crippen molar-refractivity contribution < 1.29 is 27.6 Å². The number of sulfonamides is 1. The Balaban J connectivity index is 1.82. The summed E-state index contributed by atoms with van der Waals surface area (Å²) in [7, 11) is -1.28. The Bertz CT molecular complexity index is 1210. The van der Waals surface area contributed by atoms with Gasteiger partial charge in [-0.25, -0.2) is 8.42 Å². The van der Waals surface area contributed by atoms with Gasteiger partial charge in [0.25, 0.3) is 15.7 Å². The molecule has 0 saturated carbocycles. The van der Waals surface area contributed by atoms with Crippen LogP contribution in [-0.2, 0) is 21.2 Å². The molecule has 0 aromatic heterocycles. The predicted molar refractivity (Wildman–Crippen MR) is 119 cm³/mol. The van der Waals surface area contributed by atoms with Crippen LogP contribution >= 0.6 is 0 Å². The van der Waals surface area contributed by atoms with Crippen LogP contribution in [0.25, 0.3) is 0 Å². The Morgan fingerprint density at radius 1 is 1.15 bits per heavy atom. The van der Waals surface area contributed by atoms with E-state index in [-0.39, 0.29) is 18.9 Å². The summed E-state index contributed by atoms with van der Waals surface area (Å²) in [6.07, 6.45) is 0.853. The van der Waals surface area contributed by atoms with Gasteiger partial charge in [-0.05, 0) is 42.2 Å². The van der Waals surface area contributed by atoms with Crippen molar-refractivity contribution in [1.29, 1.82) is 0 Å². The molecule has 1 amide bonds. The van der Waals surface area contributed by atoms with E-state index in [4.69, 9.17) is 9.47 Å². The van der Waals surface area contributed by atoms with Crippen LogP contribution in [0.4, 0.5) is 5.69 Å². The van der Waals surface area contributed by atoms with E-state index in [0.29, 0.717) is 24.5 Å². The van der Waals surface area contributed by atoms with E-state index in [2.05, 4.69) is 0 Å². The number of fused-ring (bicyclic) bond motifs is 3. The minimum atomic E-state index is -4.33. The minimum absolute atomic E-state index is 0.0128. The normalized spacial score (nSPS) is 20.7. The lowest BCUT2D eigenvalue weighted by molar-refractivity contribution is -0.387. The first kappa shape index (κ1) is 23.0. The number of ether oxygens (including phenoxy) is 2. The summed E-state index contributed by atoms with van der Waals surface area (Å²) in [6.45, 7) is 2.17. The summed E-state index contributed by atoms with van der Waals surface area (Å²) in [5.41, 5.74) is 1.21. The zero-order valence-electron chi connectivity index (χ0n) is 18.6. The molecule has 0 radical (unpaired) electrons. The first-order chi connectivity index (χ1) is 15.7. The highest BCUT2D eigenvalue weighted by atomic mass is 32.2. The number of methoxy groups -OCH3 is 2. The molecule has 0 spiro atoms. The van der Waals surface area contributed by atoms with Gasteiger partial charge in [-0.15, -0.1) is 0 Å². The largest absolute Gasteiger partial charge is 0.493 e. The molecule has 2 aromatic carbocycles. The van der Waals surface area contributed by atoms with E-state index >= 15 is 0 Å². The minimum Gasteiger partial charge on any atom is -0.493 e. The number of piperazine rings is 1. The van der Waals surface area contributed by atoms with Crippen molar-refractivity contribution in [3.8, 4) is 11.5 Å². The van der Waals surface area contributed by atoms with Crippen molar-refractivity contribution in [1.82, 2.24) is 9.21 Å². The van der Waals surface area contributed by atoms with Gasteiger partial charge in [0, 0.05) is 19.2 Å². The van der Waals surface area contributed by atoms with Gasteiger partial charge in [-0.1, -0.05) is 19.1 Å². The third-order valence-electron chi connectivity index (χ3n) is 6.31. The molecular weight excluding hydrogens is 450 g/mol. The van der Waals surface area contributed by atoms with Gasteiger partial charge in [-0.2, -0.15) is 4.31 Å². The summed E-state index contributed by atoms with van der Waals surface area (Å²) in [4.78, 5) is 25.5. The van der Waals surface area contributed by atoms with Crippen LogP contribution in [0.1, 0.15) is 30.5 Å². The Morgan fingerprint density at radius 2 is 1.82 bits per heavy atom. The van der Waals surface area contributed by atoms with Crippen LogP contribution in [0.2, 0.25) is 0 Å². The first-order valence-corrected chi connectivity index (χ1v) is 12.0. The molecule has 11 heteroatoms. The van der Waals surface area contributed by atoms with Crippen LogP contribution < -0.4 is 9.47 Å². The monoisotopic (exact) mass is 475 g/mol. The highest BCUT2D eigenvalue weighted by Crippen LogP contribution is 2.42. The molecule has 2 aliphatic heterocycles. The van der Waals surface area contributed by atoms with Gasteiger partial charge in [0.2, 0.25) is 5.91 Å². The molecular formula is C22H25N3O7S. The van der Waals surface area contributed by atoms with E-state index < -0.39 is 37.6 Å². The Morgan fingerprint density at radius 3 is 2.45 bits per heavy atom. The number of nitro benzene ring substituents is 1. The van der Waals surface area contributed by atoms with Gasteiger partial charge in [0.15, 0.2) is 16.4 Å². The Hall–Kier alpha value is -3.18. The average molecular weight is 476 g/mol. The van der Waals surface area contributed by atoms with Crippen molar-refractivity contribution in [2.45, 2.75) is 36.7 Å². The molecule has 0 bridgehead atoms. The molecule has 1 fully saturated rings. The summed E-state index contributed by atoms with van der Waals surface area (Å²) >= 11 is 0. The summed E-state index contributed by atoms with van der Waals surface area (Å²) < 4.78 is 39.2. The smallest absolute Gasteiger partial charge is 0.289 e. The number of benzene rings is 2. The maximum absolute atomic E-state index is 13.6. The summed E-state index contributed by atoms with van der Waals surface area (Å²) in [6, 6.07) is 7.36. The quantitative estimate of drug-likeness (QED) is 0.465. The molecule has 33 heavy (non-hydrogen) atoms. The molecule has 2 atom stereocenters. The zero-order valence-corrected chi connectivity index (χ0v) is 19.4. The van der Waals surface area contributed by atoms with Gasteiger partial charge in [0.05, 0.1) is 25.2 Å². The molecule has 1 saturated heterocycles. The molecule has 2 aromatic rings. The van der Waals surface area contributed by atoms with E-state index in [9.17, 15) is 23.3 Å². The number of rotatable bonds is 6. The molecule has 0 N–H and O–H groups in total. The van der Waals surface area contributed by atoms with Gasteiger partial charge in [-0.3, -0.25) is 14.9 Å². The van der Waals surface area contributed by atoms with Crippen molar-refractivity contribution >= 4 is 21.6 Å². The number of amides is 1. The topological polar surface area (TPSA) is 119 Å². The highest BCUT2D eigenvalue weighted by molar-refractivity contribution is 7.89. The fourth-order valence-corrected chi connectivity index (χ4v) is 6.52. The molecule has 2 aliphatic rings. The lowest BCUT2D eigenvalue weighted by Gasteiger charge is -2.47. The van der Waals surface area contributed by atoms with Gasteiger partial charge < -0.3 is 14.4 Å². The third kappa shape index (κ3) is 3.70. The number of carbonyl (C=O) groups is 1. The van der Waals surface area contributed by atoms with Crippen molar-refractivity contribution in [3.63, 3.8) is 0 Å². The number of hydrogen-bond donors (Lipinski definition) is 0. The summed E-state index contributed by atoms with van der Waals surface area (Å²) in [5.74, 6) is 0.732. The molecule has 2 heterocycles. The SMILES string of the molecule is CCC1C(=O)N2CCc3cc(OC)c(OC)cc3C2CN1S(=O)(=O)c1ccccc1[N+](=O)[O-]. The van der Waals surface area contributed by atoms with Crippen LogP contribution in [0.3, 0.4) is 0 Å². The fraction of sp³-hybridized carbons (Fsp3) is 0.409. The van der Waals surface area contributed by atoms with Gasteiger partial charge in [0.1, 0.15) is 6.04 Å². The predicted octanol–water partition coefficient (Wildman–Crippen LogP) is 2.52. The van der Waals surface area contributed by atoms with Crippen molar-refractivity contribution in [2.24, 2.45) is 0 Å². The average Bonchev–Trinajstić information content (AvgIpc) is 2.82. The number of nitro groups is 1. The van der Waals surface area contributed by atoms with Crippen molar-refractivity contribution in [3.05, 3.63) is 57.6 Å². The van der Waals surface area contributed by atoms with Crippen LogP contribution in [-0.4, -0.2) is 61.8 Å². The molecule has 0 aliphatic carbocycles. The lowest BCUT2D eigenvalue weighted by atomic mass is 9.89. The van der Waals surface area contributed by atoms with Crippen LogP contribution in [0, 0.1) is 10.1 Å². The van der Waals surface area contributed by atoms with E-state index in [1.165, 1.54) is 32.4 Å². The maximum Gasteiger partial charge on any atom is 0.289 e. The second-order valence-corrected chi connectivity index (χ2v) is 9.79. The fourth-order valence-electron chi connectivity index (χ4n) is 4.70. The molecule has 2 unspecified atom stereocenters. The molecule has 10 nitrogen and oxygen atoms in total. The highest BCUT2D eigenvalue weighted by Gasteiger charge is 2.48. The van der Waals surface area contributed by atoms with Crippen molar-refractivity contribution in [2.75, 3.05) is 27.3 Å². The standard InChI is InChI=1S/C22H25N3O7S/c1-4-16-22(26)23-10-9-14-11-19(31-2)20(32-3)12-15(14)18(23)13-24(16)33(29,30)21-8-6-5-7-17(21)25(27)28/h5-8,11-12,16,18H,4,9-10,13H2,1-3H3. The second kappa shape index (κ2) is 8.64. The Kier molecular flexibility index (Phi) is 6.02. The van der Waals surface area contributed by atoms with Gasteiger partial charge >= 0.3 is 0 Å². The number of carbonyl (C=O) groups excluding carboxylic acids is 1. The van der Waals surface area contributed by atoms with Crippen LogP contribution in [0.15, 0.2) is 41.3 Å². The first-order valence-electron chi connectivity index (χ1n) is 10.5. The molecule has 4 rings (SSSR count). The number of nitrogens with zero attached hydrogens (tertiary/aromatic N) is 3. The van der Waals surface area contributed by atoms with E-state index in [1.54, 1.807) is 17.9 Å². The van der Waals surface area contributed by atoms with E-state index in [1.807, 2.05) is 6.07 Å². The summed E-state index contributed by atoms with van der Waals surface area (Å²) in [5, 5.41) is 11.5. The number of hydrogen-bond acceptors (Lipinski definition) is 7. The van der Waals surface area contributed by atoms with Crippen LogP contribution in [0.5, 0.6) is 11.5 Å². The third-order valence-corrected chi connectivity index (χ3v) is 8.23. The lowest BCUT2D eigenvalue weighted by Crippen LogP contribution is -2.60. The Labute approximate surface area is 191 Å². The maximum atomic E-state index is 13.6. The zero-order chi connectivity index (χ0) is 23.9. The molecule has 176 valence electrons. The number of para-hydroxylation sites is 1. The van der Waals surface area contributed by atoms with E-state index in [0.717, 1.165) is 21.5 Å². The second-order valence-electron chi connectivity index (χ2n) is 7.93.